The highest BCUT2D eigenvalue weighted by Gasteiger charge is 2.41. The largest absolute Gasteiger partial charge is 0.435 e. The summed E-state index contributed by atoms with van der Waals surface area (Å²) in [6.07, 6.45) is -4.07. The Morgan fingerprint density at radius 1 is 0.943 bits per heavy atom. The van der Waals surface area contributed by atoms with Crippen LogP contribution >= 0.6 is 0 Å². The van der Waals surface area contributed by atoms with Crippen LogP contribution in [0.4, 0.5) is 13.2 Å². The van der Waals surface area contributed by atoms with Crippen molar-refractivity contribution < 1.29 is 22.8 Å². The number of primary amides is 2. The van der Waals surface area contributed by atoms with E-state index in [1.165, 1.54) is 23.7 Å². The molecule has 0 atom stereocenters. The third-order valence-corrected chi connectivity index (χ3v) is 5.86. The first-order chi connectivity index (χ1) is 16.5. The highest BCUT2D eigenvalue weighted by Crippen LogP contribution is 2.42. The van der Waals surface area contributed by atoms with Gasteiger partial charge in [-0.1, -0.05) is 49.4 Å². The fraction of sp³-hybridized carbons (Fsp3) is 0.200. The van der Waals surface area contributed by atoms with Crippen molar-refractivity contribution in [1.29, 1.82) is 0 Å². The topological polar surface area (TPSA) is 117 Å². The van der Waals surface area contributed by atoms with E-state index in [-0.39, 0.29) is 34.3 Å². The van der Waals surface area contributed by atoms with Gasteiger partial charge in [-0.2, -0.15) is 18.3 Å². The monoisotopic (exact) mass is 481 g/mol. The van der Waals surface area contributed by atoms with Crippen LogP contribution in [0.1, 0.15) is 50.3 Å². The number of aryl methyl sites for hydroxylation is 1. The molecular formula is C25H22F3N5O2. The lowest BCUT2D eigenvalue weighted by molar-refractivity contribution is -0.141. The summed E-state index contributed by atoms with van der Waals surface area (Å²) in [7, 11) is 0. The van der Waals surface area contributed by atoms with Crippen LogP contribution in [-0.2, 0) is 19.1 Å². The Balaban J connectivity index is 2.04. The van der Waals surface area contributed by atoms with E-state index in [0.29, 0.717) is 0 Å². The number of aromatic nitrogens is 3. The summed E-state index contributed by atoms with van der Waals surface area (Å²) < 4.78 is 43.8. The van der Waals surface area contributed by atoms with Crippen LogP contribution in [0.2, 0.25) is 0 Å². The number of carbonyl (C=O) groups excluding carboxylic acids is 2. The molecule has 0 aliphatic rings. The van der Waals surface area contributed by atoms with Gasteiger partial charge in [0.25, 0.3) is 5.91 Å². The first-order valence-electron chi connectivity index (χ1n) is 10.8. The molecular weight excluding hydrogens is 459 g/mol. The third kappa shape index (κ3) is 4.34. The number of amides is 2. The minimum absolute atomic E-state index is 0.0394. The molecule has 0 fully saturated rings. The number of alkyl halides is 3. The Morgan fingerprint density at radius 2 is 1.57 bits per heavy atom. The lowest BCUT2D eigenvalue weighted by atomic mass is 9.92. The van der Waals surface area contributed by atoms with Crippen molar-refractivity contribution in [3.63, 3.8) is 0 Å². The summed E-state index contributed by atoms with van der Waals surface area (Å²) in [5, 5.41) is 4.04. The number of nitrogens with two attached hydrogens (primary N) is 2. The molecule has 0 saturated carbocycles. The molecule has 4 N–H and O–H groups in total. The lowest BCUT2D eigenvalue weighted by Crippen LogP contribution is -2.21. The van der Waals surface area contributed by atoms with E-state index in [0.717, 1.165) is 17.5 Å². The minimum atomic E-state index is -4.90. The van der Waals surface area contributed by atoms with Crippen molar-refractivity contribution in [2.75, 3.05) is 0 Å². The van der Waals surface area contributed by atoms with Gasteiger partial charge < -0.3 is 11.5 Å². The fourth-order valence-electron chi connectivity index (χ4n) is 4.14. The van der Waals surface area contributed by atoms with E-state index in [9.17, 15) is 22.8 Å². The number of rotatable bonds is 6. The van der Waals surface area contributed by atoms with Gasteiger partial charge >= 0.3 is 6.18 Å². The van der Waals surface area contributed by atoms with Gasteiger partial charge in [0.05, 0.1) is 17.6 Å². The van der Waals surface area contributed by atoms with Crippen LogP contribution in [0.25, 0.3) is 22.0 Å². The number of hydrogen-bond acceptors (Lipinski definition) is 4. The van der Waals surface area contributed by atoms with E-state index < -0.39 is 34.9 Å². The van der Waals surface area contributed by atoms with Crippen LogP contribution < -0.4 is 11.5 Å². The van der Waals surface area contributed by atoms with E-state index in [1.807, 2.05) is 31.2 Å². The number of pyridine rings is 1. The Kier molecular flexibility index (Phi) is 6.06. The quantitative estimate of drug-likeness (QED) is 0.428. The third-order valence-electron chi connectivity index (χ3n) is 5.86. The summed E-state index contributed by atoms with van der Waals surface area (Å²) in [5.74, 6) is -2.11. The van der Waals surface area contributed by atoms with Gasteiger partial charge in [0.2, 0.25) is 5.91 Å². The van der Waals surface area contributed by atoms with Crippen molar-refractivity contribution in [2.24, 2.45) is 11.5 Å². The normalized spacial score (nSPS) is 11.7. The molecule has 7 nitrogen and oxygen atoms in total. The van der Waals surface area contributed by atoms with Crippen LogP contribution in [0.3, 0.4) is 0 Å². The molecule has 2 aromatic heterocycles. The van der Waals surface area contributed by atoms with Gasteiger partial charge in [0.15, 0.2) is 5.69 Å². The number of hydrogen-bond donors (Lipinski definition) is 2. The van der Waals surface area contributed by atoms with Crippen molar-refractivity contribution in [1.82, 2.24) is 14.8 Å². The molecule has 10 heteroatoms. The smallest absolute Gasteiger partial charge is 0.366 e. The maximum absolute atomic E-state index is 14.2. The molecule has 0 aliphatic carbocycles. The zero-order valence-corrected chi connectivity index (χ0v) is 19.0. The van der Waals surface area contributed by atoms with Crippen LogP contribution in [-0.4, -0.2) is 26.6 Å². The van der Waals surface area contributed by atoms with Crippen molar-refractivity contribution in [2.45, 2.75) is 33.0 Å². The number of halogens is 3. The van der Waals surface area contributed by atoms with Gasteiger partial charge in [-0.3, -0.25) is 14.3 Å². The number of benzene rings is 2. The SMILES string of the molecule is CCc1ccc(Cn2nc(C(F)(F)F)c(-c3c(C(N)=O)nc4ccccc4c3C(N)=O)c2C)cc1. The summed E-state index contributed by atoms with van der Waals surface area (Å²) in [6.45, 7) is 3.47. The van der Waals surface area contributed by atoms with Gasteiger partial charge in [-0.15, -0.1) is 0 Å². The first-order valence-corrected chi connectivity index (χ1v) is 10.8. The lowest BCUT2D eigenvalue weighted by Gasteiger charge is -2.16. The molecule has 2 aromatic carbocycles. The van der Waals surface area contributed by atoms with E-state index in [1.54, 1.807) is 12.1 Å². The molecule has 0 unspecified atom stereocenters. The van der Waals surface area contributed by atoms with E-state index >= 15 is 0 Å². The molecule has 35 heavy (non-hydrogen) atoms. The molecule has 0 aliphatic heterocycles. The van der Waals surface area contributed by atoms with E-state index in [2.05, 4.69) is 10.1 Å². The first kappa shape index (κ1) is 23.9. The van der Waals surface area contributed by atoms with Crippen LogP contribution in [0.15, 0.2) is 48.5 Å². The Hall–Kier alpha value is -4.21. The summed E-state index contributed by atoms with van der Waals surface area (Å²) in [4.78, 5) is 29.1. The number of carbonyl (C=O) groups is 2. The van der Waals surface area contributed by atoms with Crippen LogP contribution in [0, 0.1) is 6.92 Å². The van der Waals surface area contributed by atoms with Crippen molar-refractivity contribution in [3.05, 3.63) is 82.3 Å². The second-order valence-corrected chi connectivity index (χ2v) is 8.09. The molecule has 0 radical (unpaired) electrons. The maximum atomic E-state index is 14.2. The highest BCUT2D eigenvalue weighted by atomic mass is 19.4. The fourth-order valence-corrected chi connectivity index (χ4v) is 4.14. The Morgan fingerprint density at radius 3 is 2.14 bits per heavy atom. The van der Waals surface area contributed by atoms with Gasteiger partial charge in [0.1, 0.15) is 5.69 Å². The van der Waals surface area contributed by atoms with Gasteiger partial charge in [-0.05, 0) is 30.5 Å². The van der Waals surface area contributed by atoms with Crippen LogP contribution in [0.5, 0.6) is 0 Å². The second-order valence-electron chi connectivity index (χ2n) is 8.09. The molecule has 0 spiro atoms. The molecule has 2 amide bonds. The molecule has 4 aromatic rings. The van der Waals surface area contributed by atoms with E-state index in [4.69, 9.17) is 11.5 Å². The van der Waals surface area contributed by atoms with Gasteiger partial charge in [0, 0.05) is 22.2 Å². The second kappa shape index (κ2) is 8.86. The molecule has 0 bridgehead atoms. The highest BCUT2D eigenvalue weighted by molar-refractivity contribution is 6.15. The maximum Gasteiger partial charge on any atom is 0.435 e. The minimum Gasteiger partial charge on any atom is -0.366 e. The Bertz CT molecular complexity index is 1460. The van der Waals surface area contributed by atoms with Crippen molar-refractivity contribution in [3.8, 4) is 11.1 Å². The summed E-state index contributed by atoms with van der Waals surface area (Å²) in [5.41, 5.74) is 10.4. The average molecular weight is 481 g/mol. The number of fused-ring (bicyclic) bond motifs is 1. The zero-order valence-electron chi connectivity index (χ0n) is 19.0. The summed E-state index contributed by atoms with van der Waals surface area (Å²) >= 11 is 0. The standard InChI is InChI=1S/C25H22F3N5O2/c1-3-14-8-10-15(11-9-14)12-33-13(2)18(22(32-33)25(26,27)28)20-19(23(29)34)16-6-4-5-7-17(16)31-21(20)24(30)35/h4-11H,3,12H2,1-2H3,(H2,29,34)(H2,30,35). The van der Waals surface area contributed by atoms with Crippen molar-refractivity contribution >= 4 is 22.7 Å². The zero-order chi connectivity index (χ0) is 25.5. The Labute approximate surface area is 198 Å². The predicted molar refractivity (Wildman–Crippen MR) is 125 cm³/mol. The van der Waals surface area contributed by atoms with Gasteiger partial charge in [-0.25, -0.2) is 4.98 Å². The molecule has 4 rings (SSSR count). The number of nitrogens with zero attached hydrogens (tertiary/aromatic N) is 3. The molecule has 2 heterocycles. The summed E-state index contributed by atoms with van der Waals surface area (Å²) in [6, 6.07) is 13.6. The predicted octanol–water partition coefficient (Wildman–Crippen LogP) is 4.23. The number of para-hydroxylation sites is 1. The average Bonchev–Trinajstić information content (AvgIpc) is 3.14. The molecule has 180 valence electrons. The molecule has 0 saturated heterocycles.